The van der Waals surface area contributed by atoms with Crippen LogP contribution < -0.4 is 5.56 Å². The number of thiophene rings is 1. The third kappa shape index (κ3) is 2.94. The Morgan fingerprint density at radius 1 is 1.20 bits per heavy atom. The number of aromatic amines is 1. The highest BCUT2D eigenvalue weighted by molar-refractivity contribution is 7.19. The van der Waals surface area contributed by atoms with Crippen LogP contribution in [-0.4, -0.2) is 19.9 Å². The molecule has 7 heteroatoms. The van der Waals surface area contributed by atoms with Crippen molar-refractivity contribution in [1.29, 1.82) is 0 Å². The molecule has 3 aromatic heterocycles. The summed E-state index contributed by atoms with van der Waals surface area (Å²) in [4.78, 5) is 29.9. The molecule has 124 valence electrons. The Kier molecular flexibility index (Phi) is 3.85. The van der Waals surface area contributed by atoms with Gasteiger partial charge in [0.25, 0.3) is 5.56 Å². The van der Waals surface area contributed by atoms with Gasteiger partial charge >= 0.3 is 0 Å². The van der Waals surface area contributed by atoms with Gasteiger partial charge in [0.05, 0.1) is 11.1 Å². The second-order valence-electron chi connectivity index (χ2n) is 5.61. The number of benzene rings is 1. The number of hydrogen-bond donors (Lipinski definition) is 1. The van der Waals surface area contributed by atoms with E-state index in [1.165, 1.54) is 23.5 Å². The zero-order valence-electron chi connectivity index (χ0n) is 13.3. The molecule has 3 heterocycles. The first kappa shape index (κ1) is 15.6. The Bertz CT molecular complexity index is 1100. The van der Waals surface area contributed by atoms with Crippen LogP contribution >= 0.6 is 11.3 Å². The predicted octanol–water partition coefficient (Wildman–Crippen LogP) is 3.48. The number of halogens is 1. The van der Waals surface area contributed by atoms with Crippen LogP contribution in [0.4, 0.5) is 4.39 Å². The molecule has 5 nitrogen and oxygen atoms in total. The van der Waals surface area contributed by atoms with E-state index >= 15 is 0 Å². The minimum absolute atomic E-state index is 0.201. The van der Waals surface area contributed by atoms with Gasteiger partial charge in [0.2, 0.25) is 0 Å². The van der Waals surface area contributed by atoms with Gasteiger partial charge in [-0.25, -0.2) is 9.37 Å². The van der Waals surface area contributed by atoms with Crippen molar-refractivity contribution >= 4 is 21.6 Å². The molecule has 0 fully saturated rings. The molecule has 0 bridgehead atoms. The minimum atomic E-state index is -0.306. The average Bonchev–Trinajstić information content (AvgIpc) is 2.93. The van der Waals surface area contributed by atoms with E-state index in [4.69, 9.17) is 0 Å². The number of nitrogens with one attached hydrogen (secondary N) is 1. The van der Waals surface area contributed by atoms with Gasteiger partial charge in [0.15, 0.2) is 0 Å². The molecule has 0 atom stereocenters. The van der Waals surface area contributed by atoms with Crippen LogP contribution in [0.2, 0.25) is 0 Å². The molecule has 0 unspecified atom stereocenters. The Morgan fingerprint density at radius 2 is 2.00 bits per heavy atom. The van der Waals surface area contributed by atoms with Gasteiger partial charge in [-0.1, -0.05) is 12.1 Å². The van der Waals surface area contributed by atoms with Crippen molar-refractivity contribution in [2.24, 2.45) is 0 Å². The van der Waals surface area contributed by atoms with E-state index in [-0.39, 0.29) is 11.4 Å². The fourth-order valence-corrected chi connectivity index (χ4v) is 3.87. The van der Waals surface area contributed by atoms with Crippen molar-refractivity contribution in [3.05, 3.63) is 75.4 Å². The van der Waals surface area contributed by atoms with Gasteiger partial charge in [-0.15, -0.1) is 11.3 Å². The molecule has 0 spiro atoms. The number of nitrogens with zero attached hydrogens (tertiary/aromatic N) is 3. The van der Waals surface area contributed by atoms with E-state index in [1.54, 1.807) is 30.7 Å². The van der Waals surface area contributed by atoms with Gasteiger partial charge in [0.1, 0.15) is 16.5 Å². The molecule has 1 aromatic carbocycles. The van der Waals surface area contributed by atoms with E-state index in [9.17, 15) is 9.18 Å². The predicted molar refractivity (Wildman–Crippen MR) is 95.2 cm³/mol. The molecular formula is C18H13FN4OS. The Hall–Kier alpha value is -2.93. The van der Waals surface area contributed by atoms with Crippen LogP contribution in [0.15, 0.2) is 47.7 Å². The molecule has 0 amide bonds. The standard InChI is InChI=1S/C18H13FN4OS/c1-10-15(11-2-4-12(19)5-3-11)16-17(24)22-14(23-18(16)25-10)8-13-9-20-6-7-21-13/h2-7,9H,8H2,1H3,(H,22,23,24). The second-order valence-corrected chi connectivity index (χ2v) is 6.81. The maximum atomic E-state index is 13.2. The van der Waals surface area contributed by atoms with Crippen molar-refractivity contribution in [3.8, 4) is 11.1 Å². The summed E-state index contributed by atoms with van der Waals surface area (Å²) in [6, 6.07) is 6.14. The summed E-state index contributed by atoms with van der Waals surface area (Å²) in [5.41, 5.74) is 2.14. The minimum Gasteiger partial charge on any atom is -0.310 e. The third-order valence-corrected chi connectivity index (χ3v) is 4.88. The molecule has 4 aromatic rings. The van der Waals surface area contributed by atoms with Crippen LogP contribution in [0.3, 0.4) is 0 Å². The van der Waals surface area contributed by atoms with Gasteiger partial charge < -0.3 is 4.98 Å². The van der Waals surface area contributed by atoms with Crippen LogP contribution in [0.1, 0.15) is 16.4 Å². The summed E-state index contributed by atoms with van der Waals surface area (Å²) < 4.78 is 13.2. The summed E-state index contributed by atoms with van der Waals surface area (Å²) >= 11 is 1.46. The maximum absolute atomic E-state index is 13.2. The Balaban J connectivity index is 1.84. The highest BCUT2D eigenvalue weighted by Crippen LogP contribution is 2.35. The molecule has 25 heavy (non-hydrogen) atoms. The first-order chi connectivity index (χ1) is 12.1. The first-order valence-electron chi connectivity index (χ1n) is 7.65. The molecule has 0 aliphatic heterocycles. The van der Waals surface area contributed by atoms with Crippen molar-refractivity contribution < 1.29 is 4.39 Å². The lowest BCUT2D eigenvalue weighted by Gasteiger charge is -2.03. The monoisotopic (exact) mass is 352 g/mol. The molecule has 4 rings (SSSR count). The molecule has 0 aliphatic carbocycles. The van der Waals surface area contributed by atoms with Gasteiger partial charge in [-0.3, -0.25) is 14.8 Å². The van der Waals surface area contributed by atoms with Crippen LogP contribution in [0.5, 0.6) is 0 Å². The molecule has 0 radical (unpaired) electrons. The largest absolute Gasteiger partial charge is 0.310 e. The van der Waals surface area contributed by atoms with E-state index in [2.05, 4.69) is 19.9 Å². The fourth-order valence-electron chi connectivity index (χ4n) is 2.80. The summed E-state index contributed by atoms with van der Waals surface area (Å²) in [7, 11) is 0. The lowest BCUT2D eigenvalue weighted by molar-refractivity contribution is 0.628. The first-order valence-corrected chi connectivity index (χ1v) is 8.46. The van der Waals surface area contributed by atoms with Crippen molar-refractivity contribution in [2.45, 2.75) is 13.3 Å². The van der Waals surface area contributed by atoms with Gasteiger partial charge in [0, 0.05) is 35.5 Å². The number of aromatic nitrogens is 4. The number of aryl methyl sites for hydroxylation is 1. The summed E-state index contributed by atoms with van der Waals surface area (Å²) in [6.07, 6.45) is 5.25. The number of hydrogen-bond acceptors (Lipinski definition) is 5. The van der Waals surface area contributed by atoms with Gasteiger partial charge in [-0.05, 0) is 24.6 Å². The molecule has 0 aliphatic rings. The molecule has 0 saturated carbocycles. The third-order valence-electron chi connectivity index (χ3n) is 3.89. The molecular weight excluding hydrogens is 339 g/mol. The fraction of sp³-hybridized carbons (Fsp3) is 0.111. The van der Waals surface area contributed by atoms with Crippen molar-refractivity contribution in [3.63, 3.8) is 0 Å². The summed E-state index contributed by atoms with van der Waals surface area (Å²) in [5.74, 6) is 0.240. The van der Waals surface area contributed by atoms with E-state index in [1.807, 2.05) is 6.92 Å². The quantitative estimate of drug-likeness (QED) is 0.613. The zero-order valence-corrected chi connectivity index (χ0v) is 14.1. The number of fused-ring (bicyclic) bond motifs is 1. The zero-order chi connectivity index (χ0) is 17.4. The molecule has 0 saturated heterocycles. The summed E-state index contributed by atoms with van der Waals surface area (Å²) in [5, 5.41) is 0.539. The second kappa shape index (κ2) is 6.18. The lowest BCUT2D eigenvalue weighted by atomic mass is 10.0. The van der Waals surface area contributed by atoms with E-state index in [0.29, 0.717) is 22.5 Å². The van der Waals surface area contributed by atoms with Crippen molar-refractivity contribution in [1.82, 2.24) is 19.9 Å². The SMILES string of the molecule is Cc1sc2nc(Cc3cnccn3)[nH]c(=O)c2c1-c1ccc(F)cc1. The number of H-pyrrole nitrogens is 1. The van der Waals surface area contributed by atoms with Crippen molar-refractivity contribution in [2.75, 3.05) is 0 Å². The van der Waals surface area contributed by atoms with Crippen LogP contribution in [0, 0.1) is 12.7 Å². The maximum Gasteiger partial charge on any atom is 0.260 e. The highest BCUT2D eigenvalue weighted by Gasteiger charge is 2.17. The van der Waals surface area contributed by atoms with Crippen LogP contribution in [0.25, 0.3) is 21.3 Å². The van der Waals surface area contributed by atoms with E-state index < -0.39 is 0 Å². The Labute approximate surface area is 146 Å². The highest BCUT2D eigenvalue weighted by atomic mass is 32.1. The normalized spacial score (nSPS) is 11.1. The Morgan fingerprint density at radius 3 is 2.72 bits per heavy atom. The van der Waals surface area contributed by atoms with Crippen LogP contribution in [-0.2, 0) is 6.42 Å². The van der Waals surface area contributed by atoms with Gasteiger partial charge in [-0.2, -0.15) is 0 Å². The lowest BCUT2D eigenvalue weighted by Crippen LogP contribution is -2.12. The average molecular weight is 352 g/mol. The smallest absolute Gasteiger partial charge is 0.260 e. The summed E-state index contributed by atoms with van der Waals surface area (Å²) in [6.45, 7) is 1.94. The topological polar surface area (TPSA) is 71.5 Å². The molecule has 1 N–H and O–H groups in total. The number of rotatable bonds is 3. The van der Waals surface area contributed by atoms with E-state index in [0.717, 1.165) is 21.7 Å².